The van der Waals surface area contributed by atoms with Gasteiger partial charge in [-0.25, -0.2) is 0 Å². The molecule has 1 fully saturated rings. The summed E-state index contributed by atoms with van der Waals surface area (Å²) in [5.74, 6) is -0.355. The van der Waals surface area contributed by atoms with Crippen LogP contribution >= 0.6 is 0 Å². The van der Waals surface area contributed by atoms with Crippen LogP contribution in [0.1, 0.15) is 18.4 Å². The highest BCUT2D eigenvalue weighted by Crippen LogP contribution is 2.36. The highest BCUT2D eigenvalue weighted by Gasteiger charge is 2.48. The lowest BCUT2D eigenvalue weighted by atomic mass is 9.85. The van der Waals surface area contributed by atoms with E-state index in [1.165, 1.54) is 0 Å². The maximum absolute atomic E-state index is 13.5. The van der Waals surface area contributed by atoms with Gasteiger partial charge < -0.3 is 14.4 Å². The molecule has 7 nitrogen and oxygen atoms in total. The van der Waals surface area contributed by atoms with E-state index in [2.05, 4.69) is 0 Å². The van der Waals surface area contributed by atoms with Crippen molar-refractivity contribution in [3.8, 4) is 11.5 Å². The van der Waals surface area contributed by atoms with Crippen molar-refractivity contribution >= 4 is 29.5 Å². The number of hydrogen-bond acceptors (Lipinski definition) is 5. The second-order valence-corrected chi connectivity index (χ2v) is 8.56. The van der Waals surface area contributed by atoms with Crippen LogP contribution < -0.4 is 14.4 Å². The number of imide groups is 1. The van der Waals surface area contributed by atoms with E-state index in [0.717, 1.165) is 10.5 Å². The minimum atomic E-state index is -0.356. The summed E-state index contributed by atoms with van der Waals surface area (Å²) >= 11 is 0. The zero-order chi connectivity index (χ0) is 23.5. The molecule has 1 saturated heterocycles. The van der Waals surface area contributed by atoms with Crippen molar-refractivity contribution in [1.29, 1.82) is 0 Å². The molecule has 0 radical (unpaired) electrons. The normalized spacial score (nSPS) is 21.1. The minimum absolute atomic E-state index is 0.255. The first-order chi connectivity index (χ1) is 16.6. The molecule has 2 atom stereocenters. The lowest BCUT2D eigenvalue weighted by Gasteiger charge is -2.26. The number of fused-ring (bicyclic) bond motifs is 2. The number of likely N-dealkylation sites (tertiary alicyclic amines) is 1. The number of carbonyl (C=O) groups excluding carboxylic acids is 3. The summed E-state index contributed by atoms with van der Waals surface area (Å²) < 4.78 is 11.3. The van der Waals surface area contributed by atoms with Gasteiger partial charge in [0, 0.05) is 18.3 Å². The van der Waals surface area contributed by atoms with Gasteiger partial charge in [-0.2, -0.15) is 0 Å². The van der Waals surface area contributed by atoms with Crippen LogP contribution in [0.3, 0.4) is 0 Å². The highest BCUT2D eigenvalue weighted by molar-refractivity contribution is 6.09. The van der Waals surface area contributed by atoms with Crippen LogP contribution in [0.25, 0.3) is 6.08 Å². The van der Waals surface area contributed by atoms with E-state index >= 15 is 0 Å². The monoisotopic (exact) mass is 458 g/mol. The first kappa shape index (κ1) is 21.9. The van der Waals surface area contributed by atoms with Gasteiger partial charge in [0.15, 0.2) is 11.5 Å². The molecule has 2 heterocycles. The van der Waals surface area contributed by atoms with Crippen molar-refractivity contribution in [2.45, 2.75) is 12.8 Å². The van der Waals surface area contributed by atoms with Crippen LogP contribution in [-0.4, -0.2) is 48.9 Å². The molecular weight excluding hydrogens is 432 g/mol. The van der Waals surface area contributed by atoms with Crippen LogP contribution in [0.15, 0.2) is 66.8 Å². The van der Waals surface area contributed by atoms with Gasteiger partial charge in [-0.3, -0.25) is 19.3 Å². The molecule has 7 heteroatoms. The summed E-state index contributed by atoms with van der Waals surface area (Å²) in [5, 5.41) is 0. The fourth-order valence-corrected chi connectivity index (χ4v) is 4.65. The van der Waals surface area contributed by atoms with Crippen molar-refractivity contribution < 1.29 is 23.9 Å². The van der Waals surface area contributed by atoms with E-state index in [1.54, 1.807) is 23.1 Å². The third-order valence-electron chi connectivity index (χ3n) is 6.43. The third-order valence-corrected chi connectivity index (χ3v) is 6.43. The van der Waals surface area contributed by atoms with Gasteiger partial charge in [-0.15, -0.1) is 0 Å². The van der Waals surface area contributed by atoms with Crippen LogP contribution in [0.5, 0.6) is 11.5 Å². The Hall–Kier alpha value is -3.87. The first-order valence-electron chi connectivity index (χ1n) is 11.5. The second kappa shape index (κ2) is 9.55. The minimum Gasteiger partial charge on any atom is -0.486 e. The number of carbonyl (C=O) groups is 3. The molecule has 0 saturated carbocycles. The number of hydrogen-bond donors (Lipinski definition) is 0. The molecule has 0 N–H and O–H groups in total. The molecule has 5 rings (SSSR count). The van der Waals surface area contributed by atoms with Gasteiger partial charge in [0.05, 0.1) is 11.8 Å². The summed E-state index contributed by atoms with van der Waals surface area (Å²) in [7, 11) is 0. The maximum atomic E-state index is 13.5. The number of amides is 3. The highest BCUT2D eigenvalue weighted by atomic mass is 16.6. The van der Waals surface area contributed by atoms with Gasteiger partial charge in [0.1, 0.15) is 19.8 Å². The van der Waals surface area contributed by atoms with E-state index in [9.17, 15) is 14.4 Å². The van der Waals surface area contributed by atoms with E-state index < -0.39 is 0 Å². The summed E-state index contributed by atoms with van der Waals surface area (Å²) in [6.45, 7) is 0.910. The Morgan fingerprint density at radius 3 is 2.32 bits per heavy atom. The van der Waals surface area contributed by atoms with E-state index in [0.29, 0.717) is 43.2 Å². The Morgan fingerprint density at radius 1 is 0.941 bits per heavy atom. The Balaban J connectivity index is 1.38. The Kier molecular flexibility index (Phi) is 6.16. The van der Waals surface area contributed by atoms with Crippen molar-refractivity contribution in [1.82, 2.24) is 4.90 Å². The number of anilines is 1. The number of rotatable bonds is 6. The van der Waals surface area contributed by atoms with Gasteiger partial charge in [0.25, 0.3) is 0 Å². The van der Waals surface area contributed by atoms with Gasteiger partial charge in [-0.1, -0.05) is 54.6 Å². The number of allylic oxidation sites excluding steroid dienone is 2. The van der Waals surface area contributed by atoms with E-state index in [4.69, 9.17) is 9.47 Å². The molecule has 2 aromatic carbocycles. The van der Waals surface area contributed by atoms with Crippen molar-refractivity contribution in [2.24, 2.45) is 11.8 Å². The van der Waals surface area contributed by atoms with Crippen molar-refractivity contribution in [3.05, 3.63) is 72.3 Å². The zero-order valence-electron chi connectivity index (χ0n) is 18.8. The number of ether oxygens (including phenoxy) is 2. The lowest BCUT2D eigenvalue weighted by molar-refractivity contribution is -0.143. The molecule has 1 aliphatic carbocycles. The van der Waals surface area contributed by atoms with E-state index in [1.807, 2.05) is 54.6 Å². The first-order valence-corrected chi connectivity index (χ1v) is 11.5. The molecule has 3 aliphatic rings. The SMILES string of the molecule is O=C1C2CC=CCC2C(=O)N1CC(=O)N(C/C=C/c1ccccc1)c1ccc2c(c1)OCCO2. The average Bonchev–Trinajstić information content (AvgIpc) is 3.12. The quantitative estimate of drug-likeness (QED) is 0.490. The maximum Gasteiger partial charge on any atom is 0.247 e. The molecule has 2 unspecified atom stereocenters. The molecule has 0 spiro atoms. The summed E-state index contributed by atoms with van der Waals surface area (Å²) in [4.78, 5) is 41.9. The topological polar surface area (TPSA) is 76.2 Å². The summed E-state index contributed by atoms with van der Waals surface area (Å²) in [6, 6.07) is 15.1. The number of nitrogens with zero attached hydrogens (tertiary/aromatic N) is 2. The summed E-state index contributed by atoms with van der Waals surface area (Å²) in [6.07, 6.45) is 8.80. The fourth-order valence-electron chi connectivity index (χ4n) is 4.65. The lowest BCUT2D eigenvalue weighted by Crippen LogP contribution is -2.43. The van der Waals surface area contributed by atoms with Crippen LogP contribution in [0.4, 0.5) is 5.69 Å². The van der Waals surface area contributed by atoms with Gasteiger partial charge in [0.2, 0.25) is 17.7 Å². The molecule has 3 amide bonds. The molecule has 0 bridgehead atoms. The predicted molar refractivity (Wildman–Crippen MR) is 127 cm³/mol. The molecule has 2 aromatic rings. The second-order valence-electron chi connectivity index (χ2n) is 8.56. The Labute approximate surface area is 198 Å². The molecule has 174 valence electrons. The standard InChI is InChI=1S/C27H26N2O5/c30-25(18-29-26(31)21-10-4-5-11-22(21)27(29)32)28(14-6-9-19-7-2-1-3-8-19)20-12-13-23-24(17-20)34-16-15-33-23/h1-9,12-13,17,21-22H,10-11,14-16,18H2/b9-6+. The van der Waals surface area contributed by atoms with E-state index in [-0.39, 0.29) is 42.6 Å². The molecule has 0 aromatic heterocycles. The predicted octanol–water partition coefficient (Wildman–Crippen LogP) is 3.46. The van der Waals surface area contributed by atoms with Crippen molar-refractivity contribution in [2.75, 3.05) is 31.2 Å². The average molecular weight is 459 g/mol. The Morgan fingerprint density at radius 2 is 1.62 bits per heavy atom. The van der Waals surface area contributed by atoms with Crippen LogP contribution in [0, 0.1) is 11.8 Å². The smallest absolute Gasteiger partial charge is 0.247 e. The third kappa shape index (κ3) is 4.33. The van der Waals surface area contributed by atoms with Crippen LogP contribution in [-0.2, 0) is 14.4 Å². The largest absolute Gasteiger partial charge is 0.486 e. The fraction of sp³-hybridized carbons (Fsp3) is 0.296. The van der Waals surface area contributed by atoms with Crippen molar-refractivity contribution in [3.63, 3.8) is 0 Å². The molecule has 2 aliphatic heterocycles. The Bertz CT molecular complexity index is 1130. The zero-order valence-corrected chi connectivity index (χ0v) is 18.8. The summed E-state index contributed by atoms with van der Waals surface area (Å²) in [5.41, 5.74) is 1.63. The van der Waals surface area contributed by atoms with Gasteiger partial charge in [-0.05, 0) is 30.5 Å². The van der Waals surface area contributed by atoms with Crippen LogP contribution in [0.2, 0.25) is 0 Å². The molecule has 34 heavy (non-hydrogen) atoms. The number of benzene rings is 2. The van der Waals surface area contributed by atoms with Gasteiger partial charge >= 0.3 is 0 Å². The molecular formula is C27H26N2O5.